The zero-order valence-electron chi connectivity index (χ0n) is 5.38. The number of hydrogen-bond donors (Lipinski definition) is 0. The van der Waals surface area contributed by atoms with E-state index in [2.05, 4.69) is 9.97 Å². The molecule has 1 heterocycles. The van der Waals surface area contributed by atoms with Crippen LogP contribution in [0, 0.1) is 11.3 Å². The standard InChI is InChI=1S/C6H3Cl2N3/c7-5-3-10-6(8)4(11-5)1-2-9/h3H,1H2. The van der Waals surface area contributed by atoms with Gasteiger partial charge in [-0.2, -0.15) is 5.26 Å². The Hall–Kier alpha value is -0.850. The van der Waals surface area contributed by atoms with Gasteiger partial charge in [0.1, 0.15) is 5.15 Å². The summed E-state index contributed by atoms with van der Waals surface area (Å²) >= 11 is 11.1. The van der Waals surface area contributed by atoms with E-state index in [1.165, 1.54) is 6.20 Å². The van der Waals surface area contributed by atoms with Crippen molar-refractivity contribution in [1.82, 2.24) is 9.97 Å². The molecule has 0 atom stereocenters. The van der Waals surface area contributed by atoms with Gasteiger partial charge in [0.15, 0.2) is 5.15 Å². The second kappa shape index (κ2) is 3.51. The molecule has 3 nitrogen and oxygen atoms in total. The van der Waals surface area contributed by atoms with Crippen molar-refractivity contribution >= 4 is 23.2 Å². The van der Waals surface area contributed by atoms with Crippen LogP contribution in [0.25, 0.3) is 0 Å². The molecular weight excluding hydrogens is 185 g/mol. The largest absolute Gasteiger partial charge is 0.239 e. The monoisotopic (exact) mass is 187 g/mol. The molecule has 56 valence electrons. The first-order valence-electron chi connectivity index (χ1n) is 2.78. The second-order valence-corrected chi connectivity index (χ2v) is 2.51. The van der Waals surface area contributed by atoms with Gasteiger partial charge in [-0.1, -0.05) is 23.2 Å². The van der Waals surface area contributed by atoms with Crippen molar-refractivity contribution in [3.8, 4) is 6.07 Å². The molecule has 0 saturated heterocycles. The molecule has 0 spiro atoms. The maximum Gasteiger partial charge on any atom is 0.151 e. The van der Waals surface area contributed by atoms with Gasteiger partial charge < -0.3 is 0 Å². The Morgan fingerprint density at radius 3 is 2.91 bits per heavy atom. The van der Waals surface area contributed by atoms with Gasteiger partial charge in [-0.15, -0.1) is 0 Å². The molecule has 0 aliphatic rings. The van der Waals surface area contributed by atoms with E-state index in [1.807, 2.05) is 6.07 Å². The van der Waals surface area contributed by atoms with Crippen molar-refractivity contribution in [2.75, 3.05) is 0 Å². The lowest BCUT2D eigenvalue weighted by molar-refractivity contribution is 1.06. The van der Waals surface area contributed by atoms with Gasteiger partial charge in [0.05, 0.1) is 24.4 Å². The van der Waals surface area contributed by atoms with Gasteiger partial charge in [-0.3, -0.25) is 0 Å². The van der Waals surface area contributed by atoms with Crippen LogP contribution < -0.4 is 0 Å². The lowest BCUT2D eigenvalue weighted by Crippen LogP contribution is -1.92. The maximum atomic E-state index is 8.32. The van der Waals surface area contributed by atoms with Crippen molar-refractivity contribution in [2.24, 2.45) is 0 Å². The number of aromatic nitrogens is 2. The minimum Gasteiger partial charge on any atom is -0.239 e. The van der Waals surface area contributed by atoms with Crippen molar-refractivity contribution in [3.63, 3.8) is 0 Å². The number of nitriles is 1. The Kier molecular flexibility index (Phi) is 2.64. The highest BCUT2D eigenvalue weighted by molar-refractivity contribution is 6.31. The average molecular weight is 188 g/mol. The molecule has 0 unspecified atom stereocenters. The quantitative estimate of drug-likeness (QED) is 0.675. The predicted octanol–water partition coefficient (Wildman–Crippen LogP) is 1.85. The summed E-state index contributed by atoms with van der Waals surface area (Å²) in [5, 5.41) is 8.80. The molecule has 0 aromatic carbocycles. The minimum absolute atomic E-state index is 0.131. The van der Waals surface area contributed by atoms with E-state index in [0.717, 1.165) is 0 Å². The summed E-state index contributed by atoms with van der Waals surface area (Å²) in [6, 6.07) is 1.91. The SMILES string of the molecule is N#CCc1nc(Cl)cnc1Cl. The Morgan fingerprint density at radius 2 is 2.27 bits per heavy atom. The Labute approximate surface area is 73.6 Å². The lowest BCUT2D eigenvalue weighted by atomic mass is 10.3. The Bertz CT molecular complexity index is 305. The van der Waals surface area contributed by atoms with Crippen LogP contribution in [0.1, 0.15) is 5.69 Å². The highest BCUT2D eigenvalue weighted by atomic mass is 35.5. The Balaban J connectivity index is 3.05. The smallest absolute Gasteiger partial charge is 0.151 e. The van der Waals surface area contributed by atoms with Gasteiger partial charge in [0, 0.05) is 0 Å². The number of hydrogen-bond acceptors (Lipinski definition) is 3. The van der Waals surface area contributed by atoms with Gasteiger partial charge >= 0.3 is 0 Å². The van der Waals surface area contributed by atoms with Crippen molar-refractivity contribution in [3.05, 3.63) is 22.2 Å². The van der Waals surface area contributed by atoms with E-state index < -0.39 is 0 Å². The zero-order chi connectivity index (χ0) is 8.27. The van der Waals surface area contributed by atoms with Gasteiger partial charge in [0.25, 0.3) is 0 Å². The molecule has 0 N–H and O–H groups in total. The first kappa shape index (κ1) is 8.25. The van der Waals surface area contributed by atoms with Crippen molar-refractivity contribution in [1.29, 1.82) is 5.26 Å². The van der Waals surface area contributed by atoms with Crippen LogP contribution in [0.4, 0.5) is 0 Å². The first-order chi connectivity index (χ1) is 5.24. The average Bonchev–Trinajstić information content (AvgIpc) is 1.98. The summed E-state index contributed by atoms with van der Waals surface area (Å²) < 4.78 is 0. The molecule has 1 rings (SSSR count). The third kappa shape index (κ3) is 2.04. The van der Waals surface area contributed by atoms with Gasteiger partial charge in [-0.05, 0) is 0 Å². The predicted molar refractivity (Wildman–Crippen MR) is 41.4 cm³/mol. The van der Waals surface area contributed by atoms with E-state index in [1.54, 1.807) is 0 Å². The number of nitrogens with zero attached hydrogens (tertiary/aromatic N) is 3. The van der Waals surface area contributed by atoms with E-state index >= 15 is 0 Å². The third-order valence-corrected chi connectivity index (χ3v) is 1.51. The zero-order valence-corrected chi connectivity index (χ0v) is 6.89. The number of halogens is 2. The third-order valence-electron chi connectivity index (χ3n) is 1.01. The van der Waals surface area contributed by atoms with Crippen LogP contribution >= 0.6 is 23.2 Å². The molecular formula is C6H3Cl2N3. The molecule has 1 aromatic heterocycles. The first-order valence-corrected chi connectivity index (χ1v) is 3.53. The summed E-state index contributed by atoms with van der Waals surface area (Å²) in [5.74, 6) is 0. The molecule has 11 heavy (non-hydrogen) atoms. The molecule has 0 saturated carbocycles. The van der Waals surface area contributed by atoms with E-state index in [0.29, 0.717) is 5.69 Å². The van der Waals surface area contributed by atoms with Crippen LogP contribution in [0.2, 0.25) is 10.3 Å². The normalized spacial score (nSPS) is 9.18. The van der Waals surface area contributed by atoms with E-state index in [4.69, 9.17) is 28.5 Å². The summed E-state index contributed by atoms with van der Waals surface area (Å²) in [6.07, 6.45) is 1.47. The summed E-state index contributed by atoms with van der Waals surface area (Å²) in [7, 11) is 0. The summed E-state index contributed by atoms with van der Waals surface area (Å²) in [6.45, 7) is 0. The van der Waals surface area contributed by atoms with Crippen LogP contribution in [0.5, 0.6) is 0 Å². The summed E-state index contributed by atoms with van der Waals surface area (Å²) in [4.78, 5) is 7.53. The molecule has 0 aliphatic carbocycles. The van der Waals surface area contributed by atoms with Crippen LogP contribution in [-0.4, -0.2) is 9.97 Å². The minimum atomic E-state index is 0.131. The van der Waals surface area contributed by atoms with E-state index in [9.17, 15) is 0 Å². The number of rotatable bonds is 1. The summed E-state index contributed by atoms with van der Waals surface area (Å²) in [5.41, 5.74) is 0.418. The maximum absolute atomic E-state index is 8.32. The fourth-order valence-corrected chi connectivity index (χ4v) is 0.884. The molecule has 5 heteroatoms. The fraction of sp³-hybridized carbons (Fsp3) is 0.167. The molecule has 0 amide bonds. The van der Waals surface area contributed by atoms with Crippen LogP contribution in [0.3, 0.4) is 0 Å². The topological polar surface area (TPSA) is 49.6 Å². The second-order valence-electron chi connectivity index (χ2n) is 1.77. The lowest BCUT2D eigenvalue weighted by Gasteiger charge is -1.95. The van der Waals surface area contributed by atoms with Gasteiger partial charge in [0.2, 0.25) is 0 Å². The molecule has 0 fully saturated rings. The highest BCUT2D eigenvalue weighted by Gasteiger charge is 2.02. The van der Waals surface area contributed by atoms with Gasteiger partial charge in [-0.25, -0.2) is 9.97 Å². The Morgan fingerprint density at radius 1 is 1.55 bits per heavy atom. The molecule has 1 aromatic rings. The van der Waals surface area contributed by atoms with Crippen LogP contribution in [-0.2, 0) is 6.42 Å². The van der Waals surface area contributed by atoms with Crippen LogP contribution in [0.15, 0.2) is 6.20 Å². The van der Waals surface area contributed by atoms with Crippen molar-refractivity contribution < 1.29 is 0 Å². The fourth-order valence-electron chi connectivity index (χ4n) is 0.576. The van der Waals surface area contributed by atoms with Crippen molar-refractivity contribution in [2.45, 2.75) is 6.42 Å². The highest BCUT2D eigenvalue weighted by Crippen LogP contribution is 2.12. The molecule has 0 bridgehead atoms. The molecule has 0 aliphatic heterocycles. The van der Waals surface area contributed by atoms with E-state index in [-0.39, 0.29) is 16.7 Å². The molecule has 0 radical (unpaired) electrons.